The molecule has 7 aliphatic heterocycles. The molecule has 2 fully saturated rings. The number of fused-ring (bicyclic) bond motifs is 15. The summed E-state index contributed by atoms with van der Waals surface area (Å²) in [5, 5.41) is 186. The first-order valence-corrected chi connectivity index (χ1v) is 45.6. The molecule has 7 aliphatic rings. The maximum Gasteiger partial charge on any atom is 0.326 e. The summed E-state index contributed by atoms with van der Waals surface area (Å²) in [4.78, 5) is 150. The summed E-state index contributed by atoms with van der Waals surface area (Å²) in [6.45, 7) is 10.5. The highest BCUT2D eigenvalue weighted by molar-refractivity contribution is 6.32. The zero-order chi connectivity index (χ0) is 98.9. The number of aliphatic carboxylic acids is 1. The Morgan fingerprint density at radius 1 is 0.667 bits per heavy atom. The number of hydrogen-bond donors (Lipinski definition) is 25. The van der Waals surface area contributed by atoms with E-state index in [1.165, 1.54) is 45.4 Å². The number of carboxylic acid groups (broad SMARTS) is 1. The van der Waals surface area contributed by atoms with Crippen LogP contribution in [-0.2, 0) is 62.2 Å². The van der Waals surface area contributed by atoms with Gasteiger partial charge in [0.05, 0.1) is 47.4 Å². The molecule has 0 spiro atoms. The van der Waals surface area contributed by atoms with Crippen LogP contribution in [0.5, 0.6) is 46.0 Å². The molecule has 44 heteroatoms. The molecular formula is C91H124Cl2N12O30. The monoisotopic (exact) mass is 1930 g/mol. The topological polar surface area (TPSA) is 659 Å². The molecule has 42 nitrogen and oxygen atoms in total. The first kappa shape index (κ1) is 107. The van der Waals surface area contributed by atoms with Crippen molar-refractivity contribution in [2.45, 2.75) is 271 Å². The normalized spacial score (nSPS) is 26.2. The maximum absolute atomic E-state index is 16.5. The number of benzene rings is 5. The number of aliphatic hydroxyl groups is 10. The molecule has 135 heavy (non-hydrogen) atoms. The van der Waals surface area contributed by atoms with Gasteiger partial charge in [0.15, 0.2) is 23.9 Å². The summed E-state index contributed by atoms with van der Waals surface area (Å²) in [5.41, 5.74) is 1.17. The lowest BCUT2D eigenvalue weighted by Gasteiger charge is -2.48. The molecule has 7 heterocycles. The molecule has 5 aromatic carbocycles. The first-order valence-electron chi connectivity index (χ1n) is 44.9. The fourth-order valence-corrected chi connectivity index (χ4v) is 17.2. The minimum Gasteiger partial charge on any atom is -0.508 e. The van der Waals surface area contributed by atoms with E-state index >= 15 is 28.8 Å². The number of likely N-dealkylation sites (N-methyl/N-ethyl adjacent to an activating group) is 2. The number of nitrogens with one attached hydrogen (secondary N) is 10. The Morgan fingerprint density at radius 3 is 1.88 bits per heavy atom. The van der Waals surface area contributed by atoms with E-state index in [1.54, 1.807) is 27.7 Å². The third kappa shape index (κ3) is 26.7. The van der Waals surface area contributed by atoms with Crippen molar-refractivity contribution in [1.82, 2.24) is 58.1 Å². The fourth-order valence-electron chi connectivity index (χ4n) is 16.8. The zero-order valence-electron chi connectivity index (χ0n) is 75.8. The van der Waals surface area contributed by atoms with Crippen molar-refractivity contribution in [1.29, 1.82) is 0 Å². The molecule has 0 radical (unpaired) electrons. The molecule has 0 aromatic heterocycles. The molecule has 0 saturated carbocycles. The van der Waals surface area contributed by atoms with Crippen molar-refractivity contribution in [2.24, 2.45) is 11.7 Å². The molecular weight excluding hydrogens is 1810 g/mol. The second-order valence-corrected chi connectivity index (χ2v) is 36.0. The summed E-state index contributed by atoms with van der Waals surface area (Å²) in [5.74, 6) is -19.5. The number of rotatable bonds is 37. The van der Waals surface area contributed by atoms with Crippen LogP contribution < -0.4 is 73.1 Å². The van der Waals surface area contributed by atoms with Crippen LogP contribution >= 0.6 is 23.2 Å². The van der Waals surface area contributed by atoms with Crippen LogP contribution in [0.4, 0.5) is 0 Å². The third-order valence-electron chi connectivity index (χ3n) is 24.5. The van der Waals surface area contributed by atoms with Crippen molar-refractivity contribution < 1.29 is 148 Å². The van der Waals surface area contributed by atoms with Gasteiger partial charge in [-0.05, 0) is 141 Å². The number of primary amides is 1. The minimum absolute atomic E-state index is 0.0282. The van der Waals surface area contributed by atoms with Crippen molar-refractivity contribution in [3.8, 4) is 57.1 Å². The molecule has 12 rings (SSSR count). The molecule has 5 aromatic rings. The van der Waals surface area contributed by atoms with E-state index in [9.17, 15) is 90.7 Å². The van der Waals surface area contributed by atoms with E-state index in [1.807, 2.05) is 0 Å². The minimum atomic E-state index is -2.48. The van der Waals surface area contributed by atoms with E-state index in [2.05, 4.69) is 60.1 Å². The van der Waals surface area contributed by atoms with Crippen molar-refractivity contribution >= 4 is 82.3 Å². The number of unbranched alkanes of at least 4 members (excludes halogenated alkanes) is 7. The van der Waals surface area contributed by atoms with Gasteiger partial charge in [-0.3, -0.25) is 43.2 Å². The Morgan fingerprint density at radius 2 is 1.27 bits per heavy atom. The standard InChI is InChI=1S/C91H124Cl2N12O30/c1-9-11-12-13-14-15-16-17-26-96-27-28-97-91(6)38-66(130-42(5)81(91)120)134-80-78(119)77(118)63(40-106)133-90(80)135-79-61-33-46-34-62(79)132-60-24-20-45(32-51(60)93)74(115)72-88(127)102-70(86(125)98-52(89(128)129)21-25-65(113)105(8)39-58(111)76(117)75(116)55(108)10-2)49-35-47(107)36-57(110)67(49)48-30-43(18-22-56(48)109)68(84(123)104-72)101-85(124)69(46)100-83(122)54(37-64(94)112)99-87(126)71(103-82(121)53(95-7)29-41(3)4)73(114)44-19-23-59(131-61)50(92)31-44/h18-20,22-24,30-36,41-42,52-55,58,63,66,68-78,80-81,90,95-97,106-111,114-120H,9-17,21,25-29,37-40H2,1-8H3,(H2,94,112)(H,98,125)(H,99,126)(H,100,122)(H,101,124)(H,102,127)(H,103,121)(H,104,123)(H,128,129)/t42-,52-,53+,54-,55-,58+,63+,66-,68+,69+,70-,71+,72-,73+,74+,75-,76-,77+,78-,80+,81+,90-,91-/m0/s1. The Hall–Kier alpha value is -10.5. The van der Waals surface area contributed by atoms with Gasteiger partial charge < -0.3 is 164 Å². The summed E-state index contributed by atoms with van der Waals surface area (Å²) >= 11 is 14.4. The van der Waals surface area contributed by atoms with Crippen molar-refractivity contribution in [2.75, 3.05) is 46.9 Å². The van der Waals surface area contributed by atoms with Gasteiger partial charge in [0.2, 0.25) is 65.2 Å². The SMILES string of the molecule is CCCCCCCCCCNCCN[C@@]1(C)C[C@H](O[C@H]2[C@H](Oc3c4cc5cc3Oc3ccc(cc3Cl)[C@@H](O)[C@@H](NC(=O)[C@@H](CC(C)C)NC)C(=O)N[C@@H](CC(N)=O)C(=O)N[C@H]5C(=O)N[C@H]3C(=O)N[C@H](C(=O)N[C@H](C(=O)N[C@@H](CCC(=O)N(C)C[C@@H](O)[C@H](O)[C@@H](O)[C@@H](O)CC)C(=O)O)c5cc(O)cc(O)c5-c5cc3ccc5O)[C@H](O)c3ccc(c(Cl)c3)O4)O[C@H](CO)[C@@H](O)[C@@H]2O)O[C@@H](C)[C@H]1O. The Bertz CT molecular complexity index is 5030. The lowest BCUT2D eigenvalue weighted by molar-refractivity contribution is -0.334. The van der Waals surface area contributed by atoms with E-state index < -0.39 is 309 Å². The fraction of sp³-hybridized carbons (Fsp3) is 0.560. The lowest BCUT2D eigenvalue weighted by Crippen LogP contribution is -2.65. The van der Waals surface area contributed by atoms with Crippen LogP contribution in [0, 0.1) is 5.92 Å². The van der Waals surface area contributed by atoms with Crippen LogP contribution in [0.2, 0.25) is 10.0 Å². The molecule has 0 unspecified atom stereocenters. The van der Waals surface area contributed by atoms with Gasteiger partial charge in [-0.1, -0.05) is 114 Å². The summed E-state index contributed by atoms with van der Waals surface area (Å²) < 4.78 is 39.6. The maximum atomic E-state index is 16.5. The van der Waals surface area contributed by atoms with Gasteiger partial charge in [-0.25, -0.2) is 4.79 Å². The summed E-state index contributed by atoms with van der Waals surface area (Å²) in [7, 11) is 2.61. The third-order valence-corrected chi connectivity index (χ3v) is 25.1. The number of phenols is 3. The van der Waals surface area contributed by atoms with Gasteiger partial charge in [0.25, 0.3) is 0 Å². The van der Waals surface area contributed by atoms with E-state index in [0.29, 0.717) is 19.2 Å². The predicted octanol–water partition coefficient (Wildman–Crippen LogP) is 1.04. The van der Waals surface area contributed by atoms with Crippen LogP contribution in [0.3, 0.4) is 0 Å². The van der Waals surface area contributed by atoms with E-state index in [-0.39, 0.29) is 42.1 Å². The first-order chi connectivity index (χ1) is 64.0. The molecule has 0 aliphatic carbocycles. The summed E-state index contributed by atoms with van der Waals surface area (Å²) in [6.07, 6.45) is -18.6. The highest BCUT2D eigenvalue weighted by Gasteiger charge is 2.53. The zero-order valence-corrected chi connectivity index (χ0v) is 77.3. The van der Waals surface area contributed by atoms with Crippen LogP contribution in [0.1, 0.15) is 190 Å². The van der Waals surface area contributed by atoms with Crippen LogP contribution in [-0.4, -0.2) is 292 Å². The second-order valence-electron chi connectivity index (χ2n) is 35.2. The number of ether oxygens (including phenoxy) is 6. The van der Waals surface area contributed by atoms with Crippen molar-refractivity contribution in [3.05, 3.63) is 117 Å². The van der Waals surface area contributed by atoms with Gasteiger partial charge in [0, 0.05) is 62.3 Å². The average Bonchev–Trinajstić information content (AvgIpc) is 0.741. The number of amides is 9. The number of phenolic OH excluding ortho intramolecular Hbond substituents is 3. The summed E-state index contributed by atoms with van der Waals surface area (Å²) in [6, 6.07) is -3.96. The number of aliphatic hydroxyl groups excluding tert-OH is 10. The quantitative estimate of drug-likeness (QED) is 0.0247. The molecule has 9 amide bonds. The molecule has 23 atom stereocenters. The molecule has 2 saturated heterocycles. The molecule has 26 N–H and O–H groups in total. The van der Waals surface area contributed by atoms with Crippen LogP contribution in [0.25, 0.3) is 11.1 Å². The van der Waals surface area contributed by atoms with E-state index in [4.69, 9.17) is 57.4 Å². The van der Waals surface area contributed by atoms with Crippen LogP contribution in [0.15, 0.2) is 78.9 Å². The average molecular weight is 1940 g/mol. The Labute approximate surface area is 788 Å². The number of hydrogen-bond acceptors (Lipinski definition) is 32. The van der Waals surface area contributed by atoms with Gasteiger partial charge in [-0.15, -0.1) is 0 Å². The number of nitrogens with two attached hydrogens (primary N) is 1. The van der Waals surface area contributed by atoms with E-state index in [0.717, 1.165) is 111 Å². The number of halogens is 2. The number of carbonyl (C=O) groups excluding carboxylic acids is 9. The number of carboxylic acids is 1. The number of carbonyl (C=O) groups is 10. The number of nitrogens with zero attached hydrogens (tertiary/aromatic N) is 1. The number of aromatic hydroxyl groups is 3. The predicted molar refractivity (Wildman–Crippen MR) is 482 cm³/mol. The largest absolute Gasteiger partial charge is 0.508 e. The van der Waals surface area contributed by atoms with Gasteiger partial charge in [-0.2, -0.15) is 0 Å². The Kier molecular flexibility index (Phi) is 37.9. The van der Waals surface area contributed by atoms with Gasteiger partial charge in [0.1, 0.15) is 120 Å². The lowest BCUT2D eigenvalue weighted by atomic mass is 9.85. The smallest absolute Gasteiger partial charge is 0.326 e. The van der Waals surface area contributed by atoms with Gasteiger partial charge >= 0.3 is 5.97 Å². The molecule has 742 valence electrons. The highest BCUT2D eigenvalue weighted by Crippen LogP contribution is 2.50. The second kappa shape index (κ2) is 48.0. The molecule has 11 bridgehead atoms. The highest BCUT2D eigenvalue weighted by atomic mass is 35.5. The Balaban J connectivity index is 1.14. The van der Waals surface area contributed by atoms with Crippen molar-refractivity contribution in [3.63, 3.8) is 0 Å².